The van der Waals surface area contributed by atoms with Crippen molar-refractivity contribution in [2.75, 3.05) is 12.3 Å². The van der Waals surface area contributed by atoms with Gasteiger partial charge in [-0.3, -0.25) is 9.59 Å². The van der Waals surface area contributed by atoms with Gasteiger partial charge in [-0.05, 0) is 54.7 Å². The lowest BCUT2D eigenvalue weighted by atomic mass is 9.79. The van der Waals surface area contributed by atoms with Crippen LogP contribution in [0.3, 0.4) is 0 Å². The summed E-state index contributed by atoms with van der Waals surface area (Å²) in [5, 5.41) is 9.98. The molecule has 5 nitrogen and oxygen atoms in total. The van der Waals surface area contributed by atoms with Crippen LogP contribution in [0.15, 0.2) is 66.7 Å². The number of carboxylic acid groups (broad SMARTS) is 1. The first-order valence-electron chi connectivity index (χ1n) is 10.8. The maximum Gasteiger partial charge on any atom is 0.310 e. The molecule has 4 rings (SSSR count). The van der Waals surface area contributed by atoms with Crippen molar-refractivity contribution in [3.8, 4) is 5.75 Å². The molecule has 0 saturated carbocycles. The summed E-state index contributed by atoms with van der Waals surface area (Å²) in [5.74, 6) is -0.710. The summed E-state index contributed by atoms with van der Waals surface area (Å²) in [6.07, 6.45) is 1.38. The predicted molar refractivity (Wildman–Crippen MR) is 124 cm³/mol. The zero-order valence-corrected chi connectivity index (χ0v) is 18.1. The van der Waals surface area contributed by atoms with Gasteiger partial charge in [-0.25, -0.2) is 0 Å². The summed E-state index contributed by atoms with van der Waals surface area (Å²) in [7, 11) is 0. The average Bonchev–Trinajstić information content (AvgIpc) is 3.14. The molecule has 3 N–H and O–H groups in total. The van der Waals surface area contributed by atoms with Gasteiger partial charge in [-0.15, -0.1) is 0 Å². The van der Waals surface area contributed by atoms with E-state index in [-0.39, 0.29) is 12.2 Å². The zero-order valence-electron chi connectivity index (χ0n) is 18.1. The second-order valence-electron chi connectivity index (χ2n) is 8.65. The highest BCUT2D eigenvalue weighted by Crippen LogP contribution is 2.41. The fourth-order valence-electron chi connectivity index (χ4n) is 4.43. The highest BCUT2D eigenvalue weighted by atomic mass is 16.5. The SMILES string of the molecule is Cc1cccc(CCOc2cc(C(=O)CC3(C(=O)O)Cc4ccccc4C3)ccc2N)c1. The van der Waals surface area contributed by atoms with Gasteiger partial charge in [-0.2, -0.15) is 0 Å². The number of carboxylic acids is 1. The molecule has 0 spiro atoms. The standard InChI is InChI=1S/C27H27NO4/c1-18-5-4-6-19(13-18)11-12-32-25-14-20(9-10-23(25)28)24(29)17-27(26(30)31)15-21-7-2-3-8-22(21)16-27/h2-10,13-14H,11-12,15-17,28H2,1H3,(H,30,31). The lowest BCUT2D eigenvalue weighted by molar-refractivity contribution is -0.148. The second kappa shape index (κ2) is 8.87. The third-order valence-electron chi connectivity index (χ3n) is 6.20. The van der Waals surface area contributed by atoms with E-state index >= 15 is 0 Å². The molecule has 0 aliphatic heterocycles. The van der Waals surface area contributed by atoms with Gasteiger partial charge in [0.2, 0.25) is 0 Å². The maximum atomic E-state index is 13.1. The summed E-state index contributed by atoms with van der Waals surface area (Å²) < 4.78 is 5.87. The highest BCUT2D eigenvalue weighted by molar-refractivity contribution is 6.00. The molecule has 0 fully saturated rings. The number of benzene rings is 3. The molecule has 0 bridgehead atoms. The van der Waals surface area contributed by atoms with E-state index in [0.29, 0.717) is 36.4 Å². The second-order valence-corrected chi connectivity index (χ2v) is 8.65. The fourth-order valence-corrected chi connectivity index (χ4v) is 4.43. The number of aryl methyl sites for hydroxylation is 1. The largest absolute Gasteiger partial charge is 0.491 e. The number of nitrogens with two attached hydrogens (primary N) is 1. The number of ketones is 1. The van der Waals surface area contributed by atoms with Crippen LogP contribution in [0.2, 0.25) is 0 Å². The summed E-state index contributed by atoms with van der Waals surface area (Å²) in [6, 6.07) is 20.8. The third-order valence-corrected chi connectivity index (χ3v) is 6.20. The Morgan fingerprint density at radius 1 is 1.00 bits per heavy atom. The Hall–Kier alpha value is -3.60. The molecular weight excluding hydrogens is 402 g/mol. The minimum absolute atomic E-state index is 0.0658. The molecule has 0 saturated heterocycles. The Bertz CT molecular complexity index is 1140. The molecule has 1 aliphatic rings. The fraction of sp³-hybridized carbons (Fsp3) is 0.259. The van der Waals surface area contributed by atoms with E-state index in [9.17, 15) is 14.7 Å². The van der Waals surface area contributed by atoms with E-state index in [1.807, 2.05) is 49.4 Å². The maximum absolute atomic E-state index is 13.1. The van der Waals surface area contributed by atoms with Gasteiger partial charge in [0.25, 0.3) is 0 Å². The van der Waals surface area contributed by atoms with Crippen LogP contribution in [0.25, 0.3) is 0 Å². The molecular formula is C27H27NO4. The van der Waals surface area contributed by atoms with Crippen LogP contribution in [0.4, 0.5) is 5.69 Å². The van der Waals surface area contributed by atoms with E-state index in [0.717, 1.165) is 17.5 Å². The number of carbonyl (C=O) groups excluding carboxylic acids is 1. The number of rotatable bonds is 8. The summed E-state index contributed by atoms with van der Waals surface area (Å²) in [4.78, 5) is 25.3. The lowest BCUT2D eigenvalue weighted by Gasteiger charge is -2.23. The molecule has 0 radical (unpaired) electrons. The van der Waals surface area contributed by atoms with Crippen LogP contribution in [-0.4, -0.2) is 23.5 Å². The molecule has 3 aromatic rings. The van der Waals surface area contributed by atoms with E-state index in [2.05, 4.69) is 6.07 Å². The van der Waals surface area contributed by atoms with Gasteiger partial charge in [0.15, 0.2) is 5.78 Å². The molecule has 0 aromatic heterocycles. The van der Waals surface area contributed by atoms with E-state index in [4.69, 9.17) is 10.5 Å². The van der Waals surface area contributed by atoms with Crippen molar-refractivity contribution in [2.24, 2.45) is 5.41 Å². The van der Waals surface area contributed by atoms with Gasteiger partial charge in [0.1, 0.15) is 5.75 Å². The highest BCUT2D eigenvalue weighted by Gasteiger charge is 2.45. The van der Waals surface area contributed by atoms with Crippen molar-refractivity contribution in [3.05, 3.63) is 94.5 Å². The quantitative estimate of drug-likeness (QED) is 0.402. The van der Waals surface area contributed by atoms with Crippen molar-refractivity contribution in [1.29, 1.82) is 0 Å². The summed E-state index contributed by atoms with van der Waals surface area (Å²) in [5.41, 5.74) is 10.2. The van der Waals surface area contributed by atoms with Crippen LogP contribution in [0, 0.1) is 12.3 Å². The molecule has 3 aromatic carbocycles. The number of aliphatic carboxylic acids is 1. The smallest absolute Gasteiger partial charge is 0.310 e. The van der Waals surface area contributed by atoms with Crippen LogP contribution in [-0.2, 0) is 24.1 Å². The van der Waals surface area contributed by atoms with Gasteiger partial charge >= 0.3 is 5.97 Å². The number of carbonyl (C=O) groups is 2. The topological polar surface area (TPSA) is 89.6 Å². The Labute approximate surface area is 187 Å². The molecule has 0 heterocycles. The number of fused-ring (bicyclic) bond motifs is 1. The molecule has 0 unspecified atom stereocenters. The molecule has 32 heavy (non-hydrogen) atoms. The Morgan fingerprint density at radius 2 is 1.72 bits per heavy atom. The van der Waals surface area contributed by atoms with Gasteiger partial charge in [0.05, 0.1) is 17.7 Å². The van der Waals surface area contributed by atoms with Crippen molar-refractivity contribution >= 4 is 17.4 Å². The van der Waals surface area contributed by atoms with Crippen LogP contribution >= 0.6 is 0 Å². The van der Waals surface area contributed by atoms with Crippen molar-refractivity contribution in [1.82, 2.24) is 0 Å². The van der Waals surface area contributed by atoms with Crippen molar-refractivity contribution in [3.63, 3.8) is 0 Å². The average molecular weight is 430 g/mol. The first kappa shape index (κ1) is 21.6. The van der Waals surface area contributed by atoms with E-state index < -0.39 is 11.4 Å². The Morgan fingerprint density at radius 3 is 2.38 bits per heavy atom. The first-order valence-corrected chi connectivity index (χ1v) is 10.8. The van der Waals surface area contributed by atoms with Crippen LogP contribution in [0.1, 0.15) is 39.0 Å². The molecule has 1 aliphatic carbocycles. The Kier molecular flexibility index (Phi) is 5.99. The summed E-state index contributed by atoms with van der Waals surface area (Å²) >= 11 is 0. The zero-order chi connectivity index (χ0) is 22.7. The first-order chi connectivity index (χ1) is 15.4. The normalized spacial score (nSPS) is 14.0. The third kappa shape index (κ3) is 4.52. The minimum atomic E-state index is -1.12. The molecule has 0 atom stereocenters. The molecule has 164 valence electrons. The van der Waals surface area contributed by atoms with Crippen molar-refractivity contribution in [2.45, 2.75) is 32.6 Å². The lowest BCUT2D eigenvalue weighted by Crippen LogP contribution is -2.34. The van der Waals surface area contributed by atoms with Crippen LogP contribution < -0.4 is 10.5 Å². The number of nitrogen functional groups attached to an aromatic ring is 1. The number of hydrogen-bond acceptors (Lipinski definition) is 4. The van der Waals surface area contributed by atoms with Crippen molar-refractivity contribution < 1.29 is 19.4 Å². The Balaban J connectivity index is 1.46. The molecule has 0 amide bonds. The van der Waals surface area contributed by atoms with Gasteiger partial charge in [-0.1, -0.05) is 54.1 Å². The summed E-state index contributed by atoms with van der Waals surface area (Å²) in [6.45, 7) is 2.48. The number of anilines is 1. The molecule has 5 heteroatoms. The van der Waals surface area contributed by atoms with Crippen LogP contribution in [0.5, 0.6) is 5.75 Å². The minimum Gasteiger partial charge on any atom is -0.491 e. The predicted octanol–water partition coefficient (Wildman–Crippen LogP) is 4.64. The monoisotopic (exact) mass is 429 g/mol. The number of Topliss-reactive ketones (excluding diaryl/α,β-unsaturated/α-hetero) is 1. The number of hydrogen-bond donors (Lipinski definition) is 2. The van der Waals surface area contributed by atoms with Gasteiger partial charge in [0, 0.05) is 18.4 Å². The van der Waals surface area contributed by atoms with E-state index in [1.54, 1.807) is 18.2 Å². The van der Waals surface area contributed by atoms with E-state index in [1.165, 1.54) is 11.1 Å². The van der Waals surface area contributed by atoms with Gasteiger partial charge < -0.3 is 15.6 Å². The number of ether oxygens (including phenoxy) is 1.